The van der Waals surface area contributed by atoms with E-state index >= 15 is 0 Å². The first-order valence-corrected chi connectivity index (χ1v) is 4.92. The minimum Gasteiger partial charge on any atom is -0.341 e. The van der Waals surface area contributed by atoms with Crippen molar-refractivity contribution in [3.8, 4) is 6.07 Å². The van der Waals surface area contributed by atoms with Crippen molar-refractivity contribution in [1.82, 2.24) is 9.97 Å². The number of rotatable bonds is 1. The van der Waals surface area contributed by atoms with Gasteiger partial charge in [0.1, 0.15) is 17.9 Å². The second-order valence-electron chi connectivity index (χ2n) is 3.52. The molecule has 0 bridgehead atoms. The predicted octanol–water partition coefficient (Wildman–Crippen LogP) is 1.29. The average Bonchev–Trinajstić information content (AvgIpc) is 2.30. The van der Waals surface area contributed by atoms with Crippen LogP contribution in [-0.2, 0) is 0 Å². The lowest BCUT2D eigenvalue weighted by molar-refractivity contribution is 0.276. The number of alkyl halides is 1. The third-order valence-corrected chi connectivity index (χ3v) is 2.46. The van der Waals surface area contributed by atoms with Gasteiger partial charge in [-0.25, -0.2) is 14.4 Å². The van der Waals surface area contributed by atoms with E-state index in [1.165, 1.54) is 0 Å². The van der Waals surface area contributed by atoms with Crippen LogP contribution in [0.4, 0.5) is 10.3 Å². The zero-order chi connectivity index (χ0) is 10.7. The fourth-order valence-electron chi connectivity index (χ4n) is 1.61. The van der Waals surface area contributed by atoms with Gasteiger partial charge in [0.15, 0.2) is 0 Å². The summed E-state index contributed by atoms with van der Waals surface area (Å²) in [6.45, 7) is 1.24. The van der Waals surface area contributed by atoms with Gasteiger partial charge in [-0.3, -0.25) is 0 Å². The second-order valence-corrected chi connectivity index (χ2v) is 3.52. The Labute approximate surface area is 87.4 Å². The number of hydrogen-bond donors (Lipinski definition) is 0. The van der Waals surface area contributed by atoms with Gasteiger partial charge >= 0.3 is 0 Å². The van der Waals surface area contributed by atoms with Crippen LogP contribution in [0.1, 0.15) is 18.5 Å². The first kappa shape index (κ1) is 9.84. The van der Waals surface area contributed by atoms with Gasteiger partial charge in [-0.15, -0.1) is 0 Å². The fraction of sp³-hybridized carbons (Fsp3) is 0.500. The van der Waals surface area contributed by atoms with Crippen molar-refractivity contribution in [3.63, 3.8) is 0 Å². The Morgan fingerprint density at radius 3 is 2.87 bits per heavy atom. The third kappa shape index (κ3) is 2.21. The van der Waals surface area contributed by atoms with Crippen LogP contribution in [0, 0.1) is 11.3 Å². The minimum atomic E-state index is -0.708. The van der Waals surface area contributed by atoms with Crippen LogP contribution >= 0.6 is 0 Å². The van der Waals surface area contributed by atoms with Crippen molar-refractivity contribution in [2.45, 2.75) is 19.0 Å². The summed E-state index contributed by atoms with van der Waals surface area (Å²) in [6, 6.07) is 3.52. The molecule has 0 N–H and O–H groups in total. The van der Waals surface area contributed by atoms with Crippen molar-refractivity contribution in [2.75, 3.05) is 18.0 Å². The molecule has 2 heterocycles. The molecule has 0 saturated carbocycles. The highest BCUT2D eigenvalue weighted by molar-refractivity contribution is 5.34. The Morgan fingerprint density at radius 2 is 2.20 bits per heavy atom. The van der Waals surface area contributed by atoms with E-state index in [1.54, 1.807) is 12.3 Å². The quantitative estimate of drug-likeness (QED) is 0.694. The zero-order valence-corrected chi connectivity index (χ0v) is 8.23. The number of aromatic nitrogens is 2. The van der Waals surface area contributed by atoms with E-state index in [0.717, 1.165) is 0 Å². The molecule has 0 aromatic carbocycles. The standard InChI is InChI=1S/C10H11FN4/c11-8-2-5-15(6-3-8)10-13-4-1-9(7-12)14-10/h1,4,8H,2-3,5-6H2. The molecule has 1 aliphatic heterocycles. The summed E-state index contributed by atoms with van der Waals surface area (Å²) >= 11 is 0. The number of anilines is 1. The molecule has 0 spiro atoms. The summed E-state index contributed by atoms with van der Waals surface area (Å²) in [5.41, 5.74) is 0.349. The summed E-state index contributed by atoms with van der Waals surface area (Å²) in [6.07, 6.45) is 1.88. The molecule has 4 nitrogen and oxygen atoms in total. The van der Waals surface area contributed by atoms with Crippen LogP contribution in [0.5, 0.6) is 0 Å². The Kier molecular flexibility index (Phi) is 2.77. The molecule has 0 aliphatic carbocycles. The highest BCUT2D eigenvalue weighted by atomic mass is 19.1. The first-order chi connectivity index (χ1) is 7.29. The molecule has 78 valence electrons. The van der Waals surface area contributed by atoms with Crippen LogP contribution < -0.4 is 4.90 Å². The van der Waals surface area contributed by atoms with E-state index in [-0.39, 0.29) is 0 Å². The van der Waals surface area contributed by atoms with Gasteiger partial charge in [0.2, 0.25) is 5.95 Å². The largest absolute Gasteiger partial charge is 0.341 e. The molecule has 0 unspecified atom stereocenters. The van der Waals surface area contributed by atoms with E-state index in [4.69, 9.17) is 5.26 Å². The van der Waals surface area contributed by atoms with E-state index < -0.39 is 6.17 Å². The molecule has 2 rings (SSSR count). The summed E-state index contributed by atoms with van der Waals surface area (Å²) in [5.74, 6) is 0.529. The molecule has 0 amide bonds. The van der Waals surface area contributed by atoms with Gasteiger partial charge in [-0.05, 0) is 18.9 Å². The summed E-state index contributed by atoms with van der Waals surface area (Å²) in [7, 11) is 0. The van der Waals surface area contributed by atoms with Crippen LogP contribution in [0.15, 0.2) is 12.3 Å². The van der Waals surface area contributed by atoms with Gasteiger partial charge in [-0.2, -0.15) is 5.26 Å². The lowest BCUT2D eigenvalue weighted by Gasteiger charge is -2.28. The van der Waals surface area contributed by atoms with Crippen molar-refractivity contribution >= 4 is 5.95 Å². The monoisotopic (exact) mass is 206 g/mol. The third-order valence-electron chi connectivity index (χ3n) is 2.46. The maximum absolute atomic E-state index is 12.9. The summed E-state index contributed by atoms with van der Waals surface area (Å²) in [4.78, 5) is 10.1. The first-order valence-electron chi connectivity index (χ1n) is 4.92. The number of nitrogens with zero attached hydrogens (tertiary/aromatic N) is 4. The minimum absolute atomic E-state index is 0.349. The molecule has 1 aliphatic rings. The van der Waals surface area contributed by atoms with Crippen LogP contribution in [0.25, 0.3) is 0 Å². The Morgan fingerprint density at radius 1 is 1.47 bits per heavy atom. The predicted molar refractivity (Wildman–Crippen MR) is 53.1 cm³/mol. The van der Waals surface area contributed by atoms with Crippen molar-refractivity contribution < 1.29 is 4.39 Å². The van der Waals surface area contributed by atoms with E-state index in [2.05, 4.69) is 9.97 Å². The van der Waals surface area contributed by atoms with Gasteiger partial charge in [0.25, 0.3) is 0 Å². The molecular formula is C10H11FN4. The summed E-state index contributed by atoms with van der Waals surface area (Å²) < 4.78 is 12.9. The van der Waals surface area contributed by atoms with Gasteiger partial charge < -0.3 is 4.90 Å². The molecular weight excluding hydrogens is 195 g/mol. The topological polar surface area (TPSA) is 52.8 Å². The average molecular weight is 206 g/mol. The molecule has 1 aromatic heterocycles. The van der Waals surface area contributed by atoms with Crippen LogP contribution in [0.2, 0.25) is 0 Å². The number of halogens is 1. The molecule has 1 fully saturated rings. The van der Waals surface area contributed by atoms with Gasteiger partial charge in [-0.1, -0.05) is 0 Å². The van der Waals surface area contributed by atoms with Crippen LogP contribution in [0.3, 0.4) is 0 Å². The maximum Gasteiger partial charge on any atom is 0.226 e. The Bertz CT molecular complexity index is 379. The Hall–Kier alpha value is -1.70. The summed E-state index contributed by atoms with van der Waals surface area (Å²) in [5, 5.41) is 8.68. The lowest BCUT2D eigenvalue weighted by Crippen LogP contribution is -2.35. The highest BCUT2D eigenvalue weighted by Gasteiger charge is 2.20. The lowest BCUT2D eigenvalue weighted by atomic mass is 10.1. The molecule has 0 atom stereocenters. The van der Waals surface area contributed by atoms with E-state index in [9.17, 15) is 4.39 Å². The van der Waals surface area contributed by atoms with Gasteiger partial charge in [0, 0.05) is 19.3 Å². The Balaban J connectivity index is 2.12. The van der Waals surface area contributed by atoms with Gasteiger partial charge in [0.05, 0.1) is 0 Å². The molecule has 0 radical (unpaired) electrons. The number of piperidine rings is 1. The molecule has 1 saturated heterocycles. The van der Waals surface area contributed by atoms with E-state index in [0.29, 0.717) is 37.6 Å². The van der Waals surface area contributed by atoms with Crippen LogP contribution in [-0.4, -0.2) is 29.2 Å². The fourth-order valence-corrected chi connectivity index (χ4v) is 1.61. The number of hydrogen-bond acceptors (Lipinski definition) is 4. The smallest absolute Gasteiger partial charge is 0.226 e. The van der Waals surface area contributed by atoms with Crippen molar-refractivity contribution in [3.05, 3.63) is 18.0 Å². The van der Waals surface area contributed by atoms with Crippen molar-refractivity contribution in [2.24, 2.45) is 0 Å². The second kappa shape index (κ2) is 4.22. The zero-order valence-electron chi connectivity index (χ0n) is 8.23. The maximum atomic E-state index is 12.9. The van der Waals surface area contributed by atoms with Crippen molar-refractivity contribution in [1.29, 1.82) is 5.26 Å². The number of nitriles is 1. The molecule has 1 aromatic rings. The SMILES string of the molecule is N#Cc1ccnc(N2CCC(F)CC2)n1. The highest BCUT2D eigenvalue weighted by Crippen LogP contribution is 2.17. The van der Waals surface area contributed by atoms with E-state index in [1.807, 2.05) is 11.0 Å². The normalized spacial score (nSPS) is 17.5. The molecule has 5 heteroatoms. The molecule has 15 heavy (non-hydrogen) atoms.